The number of halogens is 3. The zero-order valence-corrected chi connectivity index (χ0v) is 14.2. The minimum Gasteiger partial charge on any atom is -0.352 e. The van der Waals surface area contributed by atoms with E-state index >= 15 is 0 Å². The van der Waals surface area contributed by atoms with Gasteiger partial charge in [-0.25, -0.2) is 0 Å². The van der Waals surface area contributed by atoms with Crippen LogP contribution in [0.15, 0.2) is 42.5 Å². The first-order valence-electron chi connectivity index (χ1n) is 6.74. The highest BCUT2D eigenvalue weighted by atomic mass is 35.5. The molecule has 7 heteroatoms. The number of anilines is 1. The quantitative estimate of drug-likeness (QED) is 0.818. The van der Waals surface area contributed by atoms with Gasteiger partial charge in [-0.2, -0.15) is 0 Å². The van der Waals surface area contributed by atoms with Crippen molar-refractivity contribution in [3.63, 3.8) is 0 Å². The molecule has 0 saturated carbocycles. The number of amides is 2. The molecule has 2 rings (SSSR count). The summed E-state index contributed by atoms with van der Waals surface area (Å²) in [6.45, 7) is 0.210. The zero-order valence-electron chi connectivity index (χ0n) is 11.9. The number of carbonyl (C=O) groups excluding carboxylic acids is 2. The molecule has 0 aliphatic carbocycles. The second kappa shape index (κ2) is 8.20. The Balaban J connectivity index is 1.80. The van der Waals surface area contributed by atoms with Crippen molar-refractivity contribution in [2.24, 2.45) is 0 Å². The monoisotopic (exact) mass is 370 g/mol. The van der Waals surface area contributed by atoms with Gasteiger partial charge in [-0.1, -0.05) is 34.8 Å². The van der Waals surface area contributed by atoms with Crippen molar-refractivity contribution in [3.8, 4) is 0 Å². The molecular weight excluding hydrogens is 359 g/mol. The van der Waals surface area contributed by atoms with Gasteiger partial charge in [0.2, 0.25) is 5.91 Å². The lowest BCUT2D eigenvalue weighted by Gasteiger charge is -2.08. The van der Waals surface area contributed by atoms with Crippen LogP contribution in [-0.2, 0) is 4.79 Å². The SMILES string of the molecule is O=C(CCNC(=O)c1ccc(Cl)cc1)Nc1cc(Cl)cc(Cl)c1. The fraction of sp³-hybridized carbons (Fsp3) is 0.125. The van der Waals surface area contributed by atoms with E-state index in [9.17, 15) is 9.59 Å². The molecule has 2 aromatic carbocycles. The van der Waals surface area contributed by atoms with Crippen molar-refractivity contribution in [2.45, 2.75) is 6.42 Å². The molecule has 0 aromatic heterocycles. The summed E-state index contributed by atoms with van der Waals surface area (Å²) in [4.78, 5) is 23.7. The molecule has 0 heterocycles. The summed E-state index contributed by atoms with van der Waals surface area (Å²) >= 11 is 17.5. The Morgan fingerprint density at radius 3 is 2.09 bits per heavy atom. The fourth-order valence-electron chi connectivity index (χ4n) is 1.84. The molecule has 0 aliphatic heterocycles. The number of rotatable bonds is 5. The molecule has 23 heavy (non-hydrogen) atoms. The third-order valence-electron chi connectivity index (χ3n) is 2.89. The Hall–Kier alpha value is -1.75. The minimum absolute atomic E-state index is 0.128. The van der Waals surface area contributed by atoms with Gasteiger partial charge in [0.1, 0.15) is 0 Å². The standard InChI is InChI=1S/C16H13Cl3N2O2/c17-11-3-1-10(2-4-11)16(23)20-6-5-15(22)21-14-8-12(18)7-13(19)9-14/h1-4,7-9H,5-6H2,(H,20,23)(H,21,22). The van der Waals surface area contributed by atoms with Crippen molar-refractivity contribution in [1.29, 1.82) is 0 Å². The van der Waals surface area contributed by atoms with Crippen LogP contribution >= 0.6 is 34.8 Å². The van der Waals surface area contributed by atoms with Crippen molar-refractivity contribution in [3.05, 3.63) is 63.1 Å². The number of carbonyl (C=O) groups is 2. The third kappa shape index (κ3) is 5.75. The average molecular weight is 372 g/mol. The summed E-state index contributed by atoms with van der Waals surface area (Å²) in [6.07, 6.45) is 0.128. The van der Waals surface area contributed by atoms with Crippen LogP contribution in [0, 0.1) is 0 Å². The minimum atomic E-state index is -0.264. The first-order chi connectivity index (χ1) is 10.9. The second-order valence-corrected chi connectivity index (χ2v) is 6.03. The van der Waals surface area contributed by atoms with Crippen LogP contribution in [0.1, 0.15) is 16.8 Å². The maximum absolute atomic E-state index is 11.9. The molecule has 0 unspecified atom stereocenters. The maximum Gasteiger partial charge on any atom is 0.251 e. The molecule has 2 amide bonds. The van der Waals surface area contributed by atoms with E-state index in [0.29, 0.717) is 26.3 Å². The molecule has 2 aromatic rings. The maximum atomic E-state index is 11.9. The number of hydrogen-bond donors (Lipinski definition) is 2. The largest absolute Gasteiger partial charge is 0.352 e. The molecule has 120 valence electrons. The van der Waals surface area contributed by atoms with Crippen LogP contribution in [0.5, 0.6) is 0 Å². The molecular formula is C16H13Cl3N2O2. The van der Waals surface area contributed by atoms with Gasteiger partial charge in [-0.05, 0) is 42.5 Å². The van der Waals surface area contributed by atoms with Crippen LogP contribution in [0.25, 0.3) is 0 Å². The second-order valence-electron chi connectivity index (χ2n) is 4.72. The van der Waals surface area contributed by atoms with Crippen molar-refractivity contribution < 1.29 is 9.59 Å². The van der Waals surface area contributed by atoms with Gasteiger partial charge < -0.3 is 10.6 Å². The van der Waals surface area contributed by atoms with Crippen molar-refractivity contribution in [1.82, 2.24) is 5.32 Å². The fourth-order valence-corrected chi connectivity index (χ4v) is 2.49. The van der Waals surface area contributed by atoms with E-state index in [1.165, 1.54) is 0 Å². The van der Waals surface area contributed by atoms with Crippen molar-refractivity contribution >= 4 is 52.3 Å². The summed E-state index contributed by atoms with van der Waals surface area (Å²) in [7, 11) is 0. The zero-order chi connectivity index (χ0) is 16.8. The lowest BCUT2D eigenvalue weighted by Crippen LogP contribution is -2.27. The van der Waals surface area contributed by atoms with E-state index in [0.717, 1.165) is 0 Å². The van der Waals surface area contributed by atoms with E-state index in [-0.39, 0.29) is 24.8 Å². The van der Waals surface area contributed by atoms with E-state index in [4.69, 9.17) is 34.8 Å². The van der Waals surface area contributed by atoms with E-state index in [2.05, 4.69) is 10.6 Å². The van der Waals surface area contributed by atoms with E-state index in [1.807, 2.05) is 0 Å². The molecule has 0 radical (unpaired) electrons. The lowest BCUT2D eigenvalue weighted by atomic mass is 10.2. The van der Waals surface area contributed by atoms with Gasteiger partial charge in [-0.15, -0.1) is 0 Å². The van der Waals surface area contributed by atoms with Crippen LogP contribution < -0.4 is 10.6 Å². The Morgan fingerprint density at radius 1 is 0.870 bits per heavy atom. The number of hydrogen-bond acceptors (Lipinski definition) is 2. The third-order valence-corrected chi connectivity index (χ3v) is 3.58. The molecule has 2 N–H and O–H groups in total. The highest BCUT2D eigenvalue weighted by Crippen LogP contribution is 2.22. The van der Waals surface area contributed by atoms with Crippen molar-refractivity contribution in [2.75, 3.05) is 11.9 Å². The molecule has 4 nitrogen and oxygen atoms in total. The molecule has 0 saturated heterocycles. The summed E-state index contributed by atoms with van der Waals surface area (Å²) in [5, 5.41) is 6.76. The van der Waals surface area contributed by atoms with Crippen LogP contribution in [0.4, 0.5) is 5.69 Å². The molecule has 0 atom stereocenters. The predicted octanol–water partition coefficient (Wildman–Crippen LogP) is 4.41. The van der Waals surface area contributed by atoms with Crippen LogP contribution in [0.3, 0.4) is 0 Å². The number of nitrogens with one attached hydrogen (secondary N) is 2. The molecule has 0 spiro atoms. The smallest absolute Gasteiger partial charge is 0.251 e. The lowest BCUT2D eigenvalue weighted by molar-refractivity contribution is -0.116. The van der Waals surface area contributed by atoms with E-state index in [1.54, 1.807) is 42.5 Å². The average Bonchev–Trinajstić information content (AvgIpc) is 2.46. The topological polar surface area (TPSA) is 58.2 Å². The molecule has 0 aliphatic rings. The predicted molar refractivity (Wildman–Crippen MR) is 93.5 cm³/mol. The van der Waals surface area contributed by atoms with Gasteiger partial charge in [0, 0.05) is 39.3 Å². The van der Waals surface area contributed by atoms with Gasteiger partial charge >= 0.3 is 0 Å². The Labute approximate surface area is 148 Å². The Morgan fingerprint density at radius 2 is 1.48 bits per heavy atom. The normalized spacial score (nSPS) is 10.2. The summed E-state index contributed by atoms with van der Waals surface area (Å²) in [5.74, 6) is -0.514. The summed E-state index contributed by atoms with van der Waals surface area (Å²) in [6, 6.07) is 11.3. The first-order valence-corrected chi connectivity index (χ1v) is 7.87. The first kappa shape index (κ1) is 17.6. The molecule has 0 fully saturated rings. The Kier molecular flexibility index (Phi) is 6.28. The van der Waals surface area contributed by atoms with Crippen LogP contribution in [-0.4, -0.2) is 18.4 Å². The van der Waals surface area contributed by atoms with Gasteiger partial charge in [0.25, 0.3) is 5.91 Å². The van der Waals surface area contributed by atoms with Gasteiger partial charge in [0.05, 0.1) is 0 Å². The van der Waals surface area contributed by atoms with E-state index < -0.39 is 0 Å². The summed E-state index contributed by atoms with van der Waals surface area (Å²) in [5.41, 5.74) is 0.993. The van der Waals surface area contributed by atoms with Crippen LogP contribution in [0.2, 0.25) is 15.1 Å². The summed E-state index contributed by atoms with van der Waals surface area (Å²) < 4.78 is 0. The highest BCUT2D eigenvalue weighted by molar-refractivity contribution is 6.35. The molecule has 0 bridgehead atoms. The van der Waals surface area contributed by atoms with Gasteiger partial charge in [0.15, 0.2) is 0 Å². The van der Waals surface area contributed by atoms with Gasteiger partial charge in [-0.3, -0.25) is 9.59 Å². The number of benzene rings is 2. The highest BCUT2D eigenvalue weighted by Gasteiger charge is 2.07. The Bertz CT molecular complexity index is 698.